The number of nitrogens with zero attached hydrogens (tertiary/aromatic N) is 2. The van der Waals surface area contributed by atoms with E-state index in [1.54, 1.807) is 20.3 Å². The topological polar surface area (TPSA) is 51.2 Å². The van der Waals surface area contributed by atoms with Crippen LogP contribution in [-0.4, -0.2) is 71.1 Å². The van der Waals surface area contributed by atoms with E-state index < -0.39 is 0 Å². The number of carbonyl (C=O) groups is 1. The third kappa shape index (κ3) is 7.20. The molecule has 0 amide bonds. The van der Waals surface area contributed by atoms with Gasteiger partial charge in [-0.25, -0.2) is 0 Å². The highest BCUT2D eigenvalue weighted by atomic mass is 16.5. The van der Waals surface area contributed by atoms with Crippen molar-refractivity contribution >= 4 is 11.9 Å². The Morgan fingerprint density at radius 3 is 2.33 bits per heavy atom. The standard InChI is InChI=1S/C30H36N2O4/c1-31(2)17-18-36-29-16-12-22(27-14-13-25(34-5)20-30(27)35-6)19-23(29)11-15-28(33)26-10-8-7-9-24(26)21-32(3)4/h7-16,19-20H,17-18,21H2,1-6H3. The second-order valence-electron chi connectivity index (χ2n) is 9.06. The third-order valence-electron chi connectivity index (χ3n) is 5.71. The van der Waals surface area contributed by atoms with Crippen molar-refractivity contribution in [3.63, 3.8) is 0 Å². The maximum atomic E-state index is 13.2. The maximum absolute atomic E-state index is 13.2. The Morgan fingerprint density at radius 1 is 0.861 bits per heavy atom. The minimum absolute atomic E-state index is 0.0425. The number of benzene rings is 3. The smallest absolute Gasteiger partial charge is 0.186 e. The van der Waals surface area contributed by atoms with Crippen molar-refractivity contribution < 1.29 is 19.0 Å². The fraction of sp³-hybridized carbons (Fsp3) is 0.300. The molecule has 6 heteroatoms. The van der Waals surface area contributed by atoms with Gasteiger partial charge in [0.25, 0.3) is 0 Å². The van der Waals surface area contributed by atoms with Crippen LogP contribution in [0.1, 0.15) is 21.5 Å². The molecule has 36 heavy (non-hydrogen) atoms. The molecule has 0 saturated heterocycles. The van der Waals surface area contributed by atoms with E-state index in [9.17, 15) is 4.79 Å². The molecule has 0 fully saturated rings. The highest BCUT2D eigenvalue weighted by Crippen LogP contribution is 2.36. The summed E-state index contributed by atoms with van der Waals surface area (Å²) in [5, 5.41) is 0. The van der Waals surface area contributed by atoms with Crippen LogP contribution in [0.25, 0.3) is 17.2 Å². The summed E-state index contributed by atoms with van der Waals surface area (Å²) in [6.45, 7) is 2.02. The lowest BCUT2D eigenvalue weighted by Gasteiger charge is -2.15. The molecule has 0 aliphatic rings. The predicted octanol–water partition coefficient (Wildman–Crippen LogP) is 5.27. The van der Waals surface area contributed by atoms with Crippen molar-refractivity contribution in [1.82, 2.24) is 9.80 Å². The van der Waals surface area contributed by atoms with Crippen LogP contribution in [0.5, 0.6) is 17.2 Å². The van der Waals surface area contributed by atoms with E-state index in [0.717, 1.165) is 40.3 Å². The van der Waals surface area contributed by atoms with Crippen LogP contribution < -0.4 is 14.2 Å². The second kappa shape index (κ2) is 12.9. The minimum Gasteiger partial charge on any atom is -0.497 e. The van der Waals surface area contributed by atoms with Gasteiger partial charge in [0, 0.05) is 35.8 Å². The lowest BCUT2D eigenvalue weighted by molar-refractivity contribution is 0.104. The summed E-state index contributed by atoms with van der Waals surface area (Å²) in [7, 11) is 11.3. The molecule has 0 aliphatic heterocycles. The molecule has 0 heterocycles. The van der Waals surface area contributed by atoms with Crippen molar-refractivity contribution in [1.29, 1.82) is 0 Å². The van der Waals surface area contributed by atoms with Gasteiger partial charge < -0.3 is 24.0 Å². The van der Waals surface area contributed by atoms with E-state index in [4.69, 9.17) is 14.2 Å². The van der Waals surface area contributed by atoms with Crippen molar-refractivity contribution in [2.24, 2.45) is 0 Å². The quantitative estimate of drug-likeness (QED) is 0.256. The fourth-order valence-corrected chi connectivity index (χ4v) is 3.85. The number of hydrogen-bond donors (Lipinski definition) is 0. The van der Waals surface area contributed by atoms with Gasteiger partial charge in [0.2, 0.25) is 0 Å². The zero-order valence-electron chi connectivity index (χ0n) is 22.1. The van der Waals surface area contributed by atoms with Gasteiger partial charge in [-0.05, 0) is 75.7 Å². The van der Waals surface area contributed by atoms with Crippen LogP contribution in [0.3, 0.4) is 0 Å². The second-order valence-corrected chi connectivity index (χ2v) is 9.06. The van der Waals surface area contributed by atoms with Gasteiger partial charge in [0.1, 0.15) is 23.9 Å². The lowest BCUT2D eigenvalue weighted by Crippen LogP contribution is -2.19. The van der Waals surface area contributed by atoms with Crippen molar-refractivity contribution in [3.05, 3.63) is 83.4 Å². The molecule has 0 atom stereocenters. The number of rotatable bonds is 12. The summed E-state index contributed by atoms with van der Waals surface area (Å²) >= 11 is 0. The molecule has 3 aromatic rings. The Bertz CT molecular complexity index is 1200. The van der Waals surface area contributed by atoms with Gasteiger partial charge in [-0.2, -0.15) is 0 Å². The zero-order chi connectivity index (χ0) is 26.1. The molecular formula is C30H36N2O4. The number of allylic oxidation sites excluding steroid dienone is 1. The van der Waals surface area contributed by atoms with E-state index in [0.29, 0.717) is 24.5 Å². The Kier molecular flexibility index (Phi) is 9.68. The molecule has 3 rings (SSSR count). The van der Waals surface area contributed by atoms with Crippen molar-refractivity contribution in [3.8, 4) is 28.4 Å². The Balaban J connectivity index is 1.98. The Hall–Kier alpha value is -3.61. The number of ether oxygens (including phenoxy) is 3. The molecule has 0 aromatic heterocycles. The average molecular weight is 489 g/mol. The first-order chi connectivity index (χ1) is 17.3. The molecule has 0 saturated carbocycles. The normalized spacial score (nSPS) is 11.3. The predicted molar refractivity (Wildman–Crippen MR) is 146 cm³/mol. The lowest BCUT2D eigenvalue weighted by atomic mass is 9.99. The van der Waals surface area contributed by atoms with Crippen LogP contribution >= 0.6 is 0 Å². The highest BCUT2D eigenvalue weighted by molar-refractivity contribution is 6.08. The first kappa shape index (κ1) is 27.0. The number of methoxy groups -OCH3 is 2. The molecule has 0 N–H and O–H groups in total. The molecular weight excluding hydrogens is 452 g/mol. The Morgan fingerprint density at radius 2 is 1.64 bits per heavy atom. The molecule has 190 valence electrons. The van der Waals surface area contributed by atoms with Gasteiger partial charge in [-0.15, -0.1) is 0 Å². The molecule has 0 aliphatic carbocycles. The van der Waals surface area contributed by atoms with Gasteiger partial charge >= 0.3 is 0 Å². The van der Waals surface area contributed by atoms with E-state index in [2.05, 4.69) is 9.80 Å². The van der Waals surface area contributed by atoms with E-state index in [-0.39, 0.29) is 5.78 Å². The Labute approximate surface area is 214 Å². The van der Waals surface area contributed by atoms with E-state index in [1.165, 1.54) is 0 Å². The zero-order valence-corrected chi connectivity index (χ0v) is 22.1. The van der Waals surface area contributed by atoms with Crippen molar-refractivity contribution in [2.75, 3.05) is 55.6 Å². The van der Waals surface area contributed by atoms with E-state index in [1.807, 2.05) is 94.9 Å². The van der Waals surface area contributed by atoms with Crippen LogP contribution in [0.4, 0.5) is 0 Å². The first-order valence-electron chi connectivity index (χ1n) is 11.9. The number of ketones is 1. The highest BCUT2D eigenvalue weighted by Gasteiger charge is 2.13. The summed E-state index contributed by atoms with van der Waals surface area (Å²) < 4.78 is 17.0. The monoisotopic (exact) mass is 488 g/mol. The van der Waals surface area contributed by atoms with Gasteiger partial charge in [0.05, 0.1) is 14.2 Å². The van der Waals surface area contributed by atoms with Crippen LogP contribution in [0.15, 0.2) is 66.7 Å². The molecule has 6 nitrogen and oxygen atoms in total. The average Bonchev–Trinajstić information content (AvgIpc) is 2.87. The summed E-state index contributed by atoms with van der Waals surface area (Å²) in [4.78, 5) is 17.3. The molecule has 0 bridgehead atoms. The number of hydrogen-bond acceptors (Lipinski definition) is 6. The molecule has 0 spiro atoms. The van der Waals surface area contributed by atoms with Gasteiger partial charge in [0.15, 0.2) is 5.78 Å². The van der Waals surface area contributed by atoms with Gasteiger partial charge in [-0.3, -0.25) is 4.79 Å². The summed E-state index contributed by atoms with van der Waals surface area (Å²) in [6, 6.07) is 19.4. The summed E-state index contributed by atoms with van der Waals surface area (Å²) in [6.07, 6.45) is 3.46. The molecule has 3 aromatic carbocycles. The van der Waals surface area contributed by atoms with Crippen LogP contribution in [-0.2, 0) is 6.54 Å². The minimum atomic E-state index is -0.0425. The van der Waals surface area contributed by atoms with Crippen LogP contribution in [0.2, 0.25) is 0 Å². The largest absolute Gasteiger partial charge is 0.497 e. The third-order valence-corrected chi connectivity index (χ3v) is 5.71. The van der Waals surface area contributed by atoms with Gasteiger partial charge in [-0.1, -0.05) is 30.3 Å². The number of likely N-dealkylation sites (N-methyl/N-ethyl adjacent to an activating group) is 1. The summed E-state index contributed by atoms with van der Waals surface area (Å²) in [5.41, 5.74) is 4.40. The van der Waals surface area contributed by atoms with Crippen LogP contribution in [0, 0.1) is 0 Å². The maximum Gasteiger partial charge on any atom is 0.186 e. The number of carbonyl (C=O) groups excluding carboxylic acids is 1. The fourth-order valence-electron chi connectivity index (χ4n) is 3.85. The summed E-state index contributed by atoms with van der Waals surface area (Å²) in [5.74, 6) is 2.11. The first-order valence-corrected chi connectivity index (χ1v) is 11.9. The van der Waals surface area contributed by atoms with Crippen molar-refractivity contribution in [2.45, 2.75) is 6.54 Å². The van der Waals surface area contributed by atoms with E-state index >= 15 is 0 Å². The molecule has 0 radical (unpaired) electrons. The SMILES string of the molecule is COc1ccc(-c2ccc(OCCN(C)C)c(C=CC(=O)c3ccccc3CN(C)C)c2)c(OC)c1. The molecule has 0 unspecified atom stereocenters.